The number of amides is 3. The van der Waals surface area contributed by atoms with Gasteiger partial charge < -0.3 is 19.9 Å². The molecule has 32 heavy (non-hydrogen) atoms. The van der Waals surface area contributed by atoms with E-state index in [9.17, 15) is 14.4 Å². The molecule has 0 bridgehead atoms. The average Bonchev–Trinajstić information content (AvgIpc) is 3.44. The Bertz CT molecular complexity index is 1110. The summed E-state index contributed by atoms with van der Waals surface area (Å²) in [6.45, 7) is 2.96. The van der Waals surface area contributed by atoms with Crippen molar-refractivity contribution in [2.75, 3.05) is 35.3 Å². The van der Waals surface area contributed by atoms with Crippen LogP contribution in [0, 0.1) is 18.8 Å². The molecule has 1 saturated carbocycles. The maximum absolute atomic E-state index is 12.9. The first kappa shape index (κ1) is 20.5. The van der Waals surface area contributed by atoms with E-state index in [1.54, 1.807) is 18.1 Å². The number of fused-ring (bicyclic) bond motifs is 1. The van der Waals surface area contributed by atoms with Gasteiger partial charge in [-0.1, -0.05) is 0 Å². The fourth-order valence-corrected chi connectivity index (χ4v) is 4.61. The Morgan fingerprint density at radius 2 is 1.91 bits per heavy atom. The zero-order chi connectivity index (χ0) is 22.4. The van der Waals surface area contributed by atoms with Gasteiger partial charge in [0.1, 0.15) is 5.75 Å². The Labute approximate surface area is 187 Å². The van der Waals surface area contributed by atoms with Crippen molar-refractivity contribution in [2.45, 2.75) is 32.6 Å². The van der Waals surface area contributed by atoms with Gasteiger partial charge in [0.05, 0.1) is 13.0 Å². The van der Waals surface area contributed by atoms with E-state index in [0.29, 0.717) is 13.1 Å². The van der Waals surface area contributed by atoms with Crippen LogP contribution in [0.2, 0.25) is 0 Å². The summed E-state index contributed by atoms with van der Waals surface area (Å²) < 4.78 is 5.21. The van der Waals surface area contributed by atoms with Crippen LogP contribution in [0.25, 0.3) is 0 Å². The third-order valence-corrected chi connectivity index (χ3v) is 6.65. The number of hydrogen-bond donors (Lipinski definition) is 1. The molecule has 2 aliphatic heterocycles. The SMILES string of the molecule is COc1ccc(NC(=O)[C@H]2CC(=O)N(c3ccc4c(c3)CCN4C(=O)C3CC3)C2)c(C)c1. The van der Waals surface area contributed by atoms with Gasteiger partial charge >= 0.3 is 0 Å². The summed E-state index contributed by atoms with van der Waals surface area (Å²) in [6.07, 6.45) is 2.96. The van der Waals surface area contributed by atoms with Crippen molar-refractivity contribution in [3.05, 3.63) is 47.5 Å². The second-order valence-corrected chi connectivity index (χ2v) is 8.90. The number of anilines is 3. The van der Waals surface area contributed by atoms with Crippen molar-refractivity contribution in [1.29, 1.82) is 0 Å². The van der Waals surface area contributed by atoms with Crippen LogP contribution in [-0.4, -0.2) is 37.9 Å². The number of hydrogen-bond acceptors (Lipinski definition) is 4. The van der Waals surface area contributed by atoms with E-state index in [0.717, 1.165) is 53.2 Å². The monoisotopic (exact) mass is 433 g/mol. The minimum absolute atomic E-state index is 0.0551. The molecule has 0 unspecified atom stereocenters. The van der Waals surface area contributed by atoms with Crippen molar-refractivity contribution in [2.24, 2.45) is 11.8 Å². The van der Waals surface area contributed by atoms with Crippen LogP contribution in [0.4, 0.5) is 17.1 Å². The second-order valence-electron chi connectivity index (χ2n) is 8.90. The molecule has 3 aliphatic rings. The number of nitrogens with one attached hydrogen (secondary N) is 1. The molecule has 2 aromatic rings. The van der Waals surface area contributed by atoms with E-state index in [1.165, 1.54) is 0 Å². The van der Waals surface area contributed by atoms with E-state index >= 15 is 0 Å². The molecular formula is C25H27N3O4. The highest BCUT2D eigenvalue weighted by atomic mass is 16.5. The molecule has 0 radical (unpaired) electrons. The lowest BCUT2D eigenvalue weighted by Crippen LogP contribution is -2.30. The summed E-state index contributed by atoms with van der Waals surface area (Å²) in [5.41, 5.74) is 4.47. The molecule has 1 aliphatic carbocycles. The third kappa shape index (κ3) is 3.72. The molecule has 7 heteroatoms. The number of carbonyl (C=O) groups is 3. The van der Waals surface area contributed by atoms with Gasteiger partial charge in [-0.15, -0.1) is 0 Å². The predicted octanol–water partition coefficient (Wildman–Crippen LogP) is 3.29. The topological polar surface area (TPSA) is 79.0 Å². The third-order valence-electron chi connectivity index (χ3n) is 6.65. The van der Waals surface area contributed by atoms with Crippen molar-refractivity contribution in [1.82, 2.24) is 0 Å². The summed E-state index contributed by atoms with van der Waals surface area (Å²) in [4.78, 5) is 41.7. The molecular weight excluding hydrogens is 406 g/mol. The molecule has 1 N–H and O–H groups in total. The molecule has 7 nitrogen and oxygen atoms in total. The molecule has 2 heterocycles. The first-order chi connectivity index (χ1) is 15.4. The number of methoxy groups -OCH3 is 1. The number of ether oxygens (including phenoxy) is 1. The fraction of sp³-hybridized carbons (Fsp3) is 0.400. The van der Waals surface area contributed by atoms with Gasteiger partial charge in [-0.25, -0.2) is 0 Å². The van der Waals surface area contributed by atoms with Crippen LogP contribution in [0.15, 0.2) is 36.4 Å². The number of carbonyl (C=O) groups excluding carboxylic acids is 3. The Hall–Kier alpha value is -3.35. The lowest BCUT2D eigenvalue weighted by atomic mass is 10.1. The highest BCUT2D eigenvalue weighted by Crippen LogP contribution is 2.38. The number of benzene rings is 2. The minimum Gasteiger partial charge on any atom is -0.497 e. The van der Waals surface area contributed by atoms with Gasteiger partial charge in [-0.2, -0.15) is 0 Å². The highest BCUT2D eigenvalue weighted by molar-refractivity contribution is 6.04. The molecule has 0 spiro atoms. The summed E-state index contributed by atoms with van der Waals surface area (Å²) in [5, 5.41) is 2.95. The van der Waals surface area contributed by atoms with Gasteiger partial charge in [0, 0.05) is 42.5 Å². The fourth-order valence-electron chi connectivity index (χ4n) is 4.61. The summed E-state index contributed by atoms with van der Waals surface area (Å²) in [7, 11) is 1.60. The van der Waals surface area contributed by atoms with Crippen LogP contribution in [0.5, 0.6) is 5.75 Å². The van der Waals surface area contributed by atoms with Crippen LogP contribution in [0.3, 0.4) is 0 Å². The molecule has 166 valence electrons. The Morgan fingerprint density at radius 1 is 1.09 bits per heavy atom. The van der Waals surface area contributed by atoms with Gasteiger partial charge in [0.25, 0.3) is 0 Å². The van der Waals surface area contributed by atoms with Crippen LogP contribution in [-0.2, 0) is 20.8 Å². The molecule has 5 rings (SSSR count). The van der Waals surface area contributed by atoms with E-state index in [2.05, 4.69) is 5.32 Å². The maximum Gasteiger partial charge on any atom is 0.230 e. The van der Waals surface area contributed by atoms with E-state index in [4.69, 9.17) is 4.74 Å². The van der Waals surface area contributed by atoms with Crippen LogP contribution in [0.1, 0.15) is 30.4 Å². The van der Waals surface area contributed by atoms with E-state index in [-0.39, 0.29) is 30.1 Å². The zero-order valence-electron chi connectivity index (χ0n) is 18.4. The quantitative estimate of drug-likeness (QED) is 0.785. The van der Waals surface area contributed by atoms with Gasteiger partial charge in [-0.3, -0.25) is 14.4 Å². The minimum atomic E-state index is -0.412. The van der Waals surface area contributed by atoms with Crippen molar-refractivity contribution >= 4 is 34.8 Å². The van der Waals surface area contributed by atoms with E-state index in [1.807, 2.05) is 42.2 Å². The number of aryl methyl sites for hydroxylation is 1. The van der Waals surface area contributed by atoms with Crippen LogP contribution >= 0.6 is 0 Å². The highest BCUT2D eigenvalue weighted by Gasteiger charge is 2.38. The Balaban J connectivity index is 1.28. The molecule has 1 atom stereocenters. The van der Waals surface area contributed by atoms with Gasteiger partial charge in [0.2, 0.25) is 17.7 Å². The first-order valence-electron chi connectivity index (χ1n) is 11.1. The van der Waals surface area contributed by atoms with Crippen LogP contribution < -0.4 is 19.9 Å². The lowest BCUT2D eigenvalue weighted by molar-refractivity contribution is -0.122. The molecule has 2 aromatic carbocycles. The predicted molar refractivity (Wildman–Crippen MR) is 122 cm³/mol. The zero-order valence-corrected chi connectivity index (χ0v) is 18.4. The number of rotatable bonds is 5. The standard InChI is InChI=1S/C25H27N3O4/c1-15-11-20(32-2)6-7-21(15)26-24(30)18-13-23(29)28(14-18)19-5-8-22-17(12-19)9-10-27(22)25(31)16-3-4-16/h5-8,11-12,16,18H,3-4,9-10,13-14H2,1-2H3,(H,26,30)/t18-/m0/s1. The Kier molecular flexibility index (Phi) is 5.12. The molecule has 3 amide bonds. The van der Waals surface area contributed by atoms with Gasteiger partial charge in [0.15, 0.2) is 0 Å². The largest absolute Gasteiger partial charge is 0.497 e. The van der Waals surface area contributed by atoms with Crippen molar-refractivity contribution in [3.8, 4) is 5.75 Å². The van der Waals surface area contributed by atoms with E-state index < -0.39 is 5.92 Å². The lowest BCUT2D eigenvalue weighted by Gasteiger charge is -2.20. The molecule has 0 aromatic heterocycles. The molecule has 2 fully saturated rings. The Morgan fingerprint density at radius 3 is 2.62 bits per heavy atom. The van der Waals surface area contributed by atoms with Crippen molar-refractivity contribution < 1.29 is 19.1 Å². The summed E-state index contributed by atoms with van der Waals surface area (Å²) in [6, 6.07) is 11.3. The van der Waals surface area contributed by atoms with Crippen molar-refractivity contribution in [3.63, 3.8) is 0 Å². The average molecular weight is 434 g/mol. The maximum atomic E-state index is 12.9. The molecule has 1 saturated heterocycles. The number of nitrogens with zero attached hydrogens (tertiary/aromatic N) is 2. The first-order valence-corrected chi connectivity index (χ1v) is 11.1. The van der Waals surface area contributed by atoms with Gasteiger partial charge in [-0.05, 0) is 73.7 Å². The normalized spacial score (nSPS) is 19.8. The smallest absolute Gasteiger partial charge is 0.230 e. The summed E-state index contributed by atoms with van der Waals surface area (Å²) >= 11 is 0. The second kappa shape index (κ2) is 7.97. The summed E-state index contributed by atoms with van der Waals surface area (Å²) in [5.74, 6) is 0.521.